The Morgan fingerprint density at radius 1 is 1.28 bits per heavy atom. The number of fused-ring (bicyclic) bond motifs is 1. The molecule has 4 rings (SSSR count). The van der Waals surface area contributed by atoms with E-state index in [1.807, 2.05) is 18.3 Å². The molecule has 0 N–H and O–H groups in total. The third-order valence-corrected chi connectivity index (χ3v) is 5.39. The summed E-state index contributed by atoms with van der Waals surface area (Å²) >= 11 is 1.80. The second-order valence-electron chi connectivity index (χ2n) is 6.47. The number of furan rings is 1. The molecule has 0 unspecified atom stereocenters. The van der Waals surface area contributed by atoms with Gasteiger partial charge >= 0.3 is 0 Å². The zero-order valence-electron chi connectivity index (χ0n) is 14.5. The molecule has 0 aliphatic heterocycles. The molecule has 25 heavy (non-hydrogen) atoms. The second-order valence-corrected chi connectivity index (χ2v) is 7.81. The van der Waals surface area contributed by atoms with Gasteiger partial charge in [0.25, 0.3) is 5.56 Å². The topological polar surface area (TPSA) is 44.4 Å². The molecule has 0 amide bonds. The molecule has 1 saturated carbocycles. The molecule has 1 aliphatic carbocycles. The third-order valence-electron chi connectivity index (χ3n) is 4.52. The first-order chi connectivity index (χ1) is 12.2. The van der Waals surface area contributed by atoms with Crippen LogP contribution >= 0.6 is 11.8 Å². The van der Waals surface area contributed by atoms with Crippen LogP contribution in [0.4, 0.5) is 0 Å². The molecule has 1 aromatic carbocycles. The SMILES string of the molecule is CCSc1ccc(OCC2CC2)c(-c2cn(C)c(=O)c3occc23)c1. The van der Waals surface area contributed by atoms with Crippen molar-refractivity contribution in [2.45, 2.75) is 24.7 Å². The van der Waals surface area contributed by atoms with Gasteiger partial charge in [-0.2, -0.15) is 0 Å². The quantitative estimate of drug-likeness (QED) is 0.601. The number of thioether (sulfide) groups is 1. The minimum absolute atomic E-state index is 0.122. The van der Waals surface area contributed by atoms with Gasteiger partial charge in [0, 0.05) is 34.7 Å². The van der Waals surface area contributed by atoms with E-state index in [0.717, 1.165) is 34.6 Å². The third kappa shape index (κ3) is 3.21. The van der Waals surface area contributed by atoms with Crippen LogP contribution in [0, 0.1) is 5.92 Å². The van der Waals surface area contributed by atoms with Crippen LogP contribution in [0.2, 0.25) is 0 Å². The van der Waals surface area contributed by atoms with Gasteiger partial charge in [0.15, 0.2) is 5.58 Å². The Labute approximate surface area is 150 Å². The van der Waals surface area contributed by atoms with Crippen molar-refractivity contribution in [1.82, 2.24) is 4.57 Å². The van der Waals surface area contributed by atoms with Crippen LogP contribution < -0.4 is 10.3 Å². The zero-order chi connectivity index (χ0) is 17.4. The maximum atomic E-state index is 12.3. The minimum Gasteiger partial charge on any atom is -0.493 e. The van der Waals surface area contributed by atoms with Crippen molar-refractivity contribution in [2.24, 2.45) is 13.0 Å². The van der Waals surface area contributed by atoms with E-state index in [4.69, 9.17) is 9.15 Å². The monoisotopic (exact) mass is 355 g/mol. The Morgan fingerprint density at radius 3 is 2.88 bits per heavy atom. The van der Waals surface area contributed by atoms with Gasteiger partial charge in [0.2, 0.25) is 0 Å². The first-order valence-electron chi connectivity index (χ1n) is 8.64. The summed E-state index contributed by atoms with van der Waals surface area (Å²) < 4.78 is 13.1. The molecule has 0 atom stereocenters. The Bertz CT molecular complexity index is 969. The summed E-state index contributed by atoms with van der Waals surface area (Å²) in [7, 11) is 1.75. The molecule has 4 nitrogen and oxygen atoms in total. The average molecular weight is 355 g/mol. The molecule has 0 spiro atoms. The highest BCUT2D eigenvalue weighted by Gasteiger charge is 2.23. The lowest BCUT2D eigenvalue weighted by Gasteiger charge is -2.14. The molecule has 0 bridgehead atoms. The molecule has 5 heteroatoms. The number of rotatable bonds is 6. The number of aryl methyl sites for hydroxylation is 1. The Morgan fingerprint density at radius 2 is 2.12 bits per heavy atom. The number of hydrogen-bond donors (Lipinski definition) is 0. The summed E-state index contributed by atoms with van der Waals surface area (Å²) in [5, 5.41) is 0.832. The van der Waals surface area contributed by atoms with E-state index in [1.54, 1.807) is 29.6 Å². The summed E-state index contributed by atoms with van der Waals surface area (Å²) in [6.45, 7) is 2.90. The molecule has 0 saturated heterocycles. The van der Waals surface area contributed by atoms with Crippen molar-refractivity contribution in [3.05, 3.63) is 47.1 Å². The molecule has 130 valence electrons. The zero-order valence-corrected chi connectivity index (χ0v) is 15.3. The molecule has 1 aliphatic rings. The van der Waals surface area contributed by atoms with Crippen LogP contribution in [0.25, 0.3) is 22.1 Å². The molecule has 2 heterocycles. The van der Waals surface area contributed by atoms with Gasteiger partial charge in [-0.3, -0.25) is 4.79 Å². The first-order valence-corrected chi connectivity index (χ1v) is 9.62. The fourth-order valence-electron chi connectivity index (χ4n) is 2.98. The smallest absolute Gasteiger partial charge is 0.293 e. The number of pyridine rings is 1. The summed E-state index contributed by atoms with van der Waals surface area (Å²) in [5.74, 6) is 2.57. The lowest BCUT2D eigenvalue weighted by molar-refractivity contribution is 0.301. The van der Waals surface area contributed by atoms with Crippen molar-refractivity contribution in [3.8, 4) is 16.9 Å². The Kier molecular flexibility index (Phi) is 4.34. The van der Waals surface area contributed by atoms with E-state index in [0.29, 0.717) is 11.5 Å². The predicted molar refractivity (Wildman–Crippen MR) is 102 cm³/mol. The highest BCUT2D eigenvalue weighted by atomic mass is 32.2. The fourth-order valence-corrected chi connectivity index (χ4v) is 3.68. The fraction of sp³-hybridized carbons (Fsp3) is 0.350. The van der Waals surface area contributed by atoms with Crippen LogP contribution in [0.5, 0.6) is 5.75 Å². The highest BCUT2D eigenvalue weighted by Crippen LogP contribution is 2.38. The van der Waals surface area contributed by atoms with E-state index < -0.39 is 0 Å². The maximum absolute atomic E-state index is 12.3. The number of nitrogens with zero attached hydrogens (tertiary/aromatic N) is 1. The lowest BCUT2D eigenvalue weighted by atomic mass is 10.0. The molecular formula is C20H21NO3S. The summed E-state index contributed by atoms with van der Waals surface area (Å²) in [5.41, 5.74) is 2.25. The van der Waals surface area contributed by atoms with Crippen LogP contribution in [0.1, 0.15) is 19.8 Å². The number of ether oxygens (including phenoxy) is 1. The molecular weight excluding hydrogens is 334 g/mol. The van der Waals surface area contributed by atoms with Gasteiger partial charge in [-0.25, -0.2) is 0 Å². The van der Waals surface area contributed by atoms with Crippen molar-refractivity contribution in [3.63, 3.8) is 0 Å². The molecule has 0 radical (unpaired) electrons. The van der Waals surface area contributed by atoms with E-state index >= 15 is 0 Å². The predicted octanol–water partition coefficient (Wildman–Crippen LogP) is 4.70. The van der Waals surface area contributed by atoms with Crippen molar-refractivity contribution >= 4 is 22.7 Å². The van der Waals surface area contributed by atoms with Crippen LogP contribution in [0.15, 0.2) is 50.8 Å². The molecule has 2 aromatic heterocycles. The van der Waals surface area contributed by atoms with Gasteiger partial charge < -0.3 is 13.7 Å². The molecule has 1 fully saturated rings. The summed E-state index contributed by atoms with van der Waals surface area (Å²) in [6, 6.07) is 8.17. The lowest BCUT2D eigenvalue weighted by Crippen LogP contribution is -2.15. The largest absolute Gasteiger partial charge is 0.493 e. The highest BCUT2D eigenvalue weighted by molar-refractivity contribution is 7.99. The van der Waals surface area contributed by atoms with E-state index in [1.165, 1.54) is 17.7 Å². The van der Waals surface area contributed by atoms with Crippen molar-refractivity contribution in [1.29, 1.82) is 0 Å². The Hall–Kier alpha value is -2.14. The van der Waals surface area contributed by atoms with Crippen molar-refractivity contribution < 1.29 is 9.15 Å². The van der Waals surface area contributed by atoms with E-state index in [9.17, 15) is 4.79 Å². The first kappa shape index (κ1) is 16.3. The van der Waals surface area contributed by atoms with Crippen LogP contribution in [0.3, 0.4) is 0 Å². The van der Waals surface area contributed by atoms with Gasteiger partial charge in [-0.1, -0.05) is 6.92 Å². The number of aromatic nitrogens is 1. The number of hydrogen-bond acceptors (Lipinski definition) is 4. The Balaban J connectivity index is 1.87. The summed E-state index contributed by atoms with van der Waals surface area (Å²) in [4.78, 5) is 13.5. The second kappa shape index (κ2) is 6.64. The standard InChI is InChI=1S/C20H21NO3S/c1-3-25-14-6-7-18(24-12-13-4-5-13)16(10-14)17-11-21(2)20(22)19-15(17)8-9-23-19/h6-11,13H,3-5,12H2,1-2H3. The van der Waals surface area contributed by atoms with Crippen LogP contribution in [-0.2, 0) is 7.05 Å². The van der Waals surface area contributed by atoms with Gasteiger partial charge in [0.1, 0.15) is 5.75 Å². The van der Waals surface area contributed by atoms with Gasteiger partial charge in [-0.15, -0.1) is 11.8 Å². The number of benzene rings is 1. The minimum atomic E-state index is -0.122. The summed E-state index contributed by atoms with van der Waals surface area (Å²) in [6.07, 6.45) is 5.96. The van der Waals surface area contributed by atoms with Gasteiger partial charge in [-0.05, 0) is 48.8 Å². The van der Waals surface area contributed by atoms with Gasteiger partial charge in [0.05, 0.1) is 12.9 Å². The van der Waals surface area contributed by atoms with Crippen LogP contribution in [-0.4, -0.2) is 16.9 Å². The average Bonchev–Trinajstić information content (AvgIpc) is 3.31. The van der Waals surface area contributed by atoms with Crippen molar-refractivity contribution in [2.75, 3.05) is 12.4 Å². The van der Waals surface area contributed by atoms with E-state index in [2.05, 4.69) is 19.1 Å². The normalized spacial score (nSPS) is 14.2. The molecule has 3 aromatic rings. The van der Waals surface area contributed by atoms with E-state index in [-0.39, 0.29) is 5.56 Å². The maximum Gasteiger partial charge on any atom is 0.293 e.